The standard InChI is InChI=1S/C22H18N4O5/c1-12(7-13-3-6-17-18(8-13)31-11-30-17)10-23-26-21(27)20-19(25-22(26)28)15-9-14(29-2)4-5-16(15)24-20/h3-10,24H,11H2,1-2H3,(H,25,28)/b12-7-,23-10+. The second kappa shape index (κ2) is 7.21. The first-order valence-electron chi connectivity index (χ1n) is 9.50. The fourth-order valence-corrected chi connectivity index (χ4v) is 3.50. The minimum atomic E-state index is -0.631. The van der Waals surface area contributed by atoms with Crippen molar-refractivity contribution in [3.8, 4) is 17.2 Å². The van der Waals surface area contributed by atoms with Crippen molar-refractivity contribution in [1.29, 1.82) is 0 Å². The molecule has 31 heavy (non-hydrogen) atoms. The number of rotatable bonds is 4. The van der Waals surface area contributed by atoms with Crippen molar-refractivity contribution < 1.29 is 14.2 Å². The van der Waals surface area contributed by atoms with E-state index in [0.717, 1.165) is 15.8 Å². The van der Waals surface area contributed by atoms with Gasteiger partial charge in [-0.25, -0.2) is 4.79 Å². The Kier molecular flexibility index (Phi) is 4.36. The lowest BCUT2D eigenvalue weighted by Crippen LogP contribution is -2.32. The molecule has 0 saturated heterocycles. The summed E-state index contributed by atoms with van der Waals surface area (Å²) in [4.78, 5) is 31.2. The molecular weight excluding hydrogens is 400 g/mol. The van der Waals surface area contributed by atoms with E-state index in [9.17, 15) is 9.59 Å². The summed E-state index contributed by atoms with van der Waals surface area (Å²) in [5.41, 5.74) is 1.85. The van der Waals surface area contributed by atoms with Crippen LogP contribution in [0.1, 0.15) is 12.5 Å². The third kappa shape index (κ3) is 3.25. The number of allylic oxidation sites excluding steroid dienone is 1. The van der Waals surface area contributed by atoms with Crippen LogP contribution in [0.15, 0.2) is 56.7 Å². The van der Waals surface area contributed by atoms with Gasteiger partial charge in [0.05, 0.1) is 18.8 Å². The van der Waals surface area contributed by atoms with Gasteiger partial charge in [0.15, 0.2) is 11.5 Å². The van der Waals surface area contributed by atoms with Crippen LogP contribution in [0.25, 0.3) is 28.0 Å². The maximum Gasteiger partial charge on any atom is 0.350 e. The molecule has 0 saturated carbocycles. The minimum Gasteiger partial charge on any atom is -0.497 e. The van der Waals surface area contributed by atoms with Gasteiger partial charge in [-0.3, -0.25) is 4.79 Å². The van der Waals surface area contributed by atoms with Gasteiger partial charge in [0.1, 0.15) is 11.3 Å². The summed E-state index contributed by atoms with van der Waals surface area (Å²) in [5, 5.41) is 4.79. The van der Waals surface area contributed by atoms with Crippen molar-refractivity contribution in [1.82, 2.24) is 14.6 Å². The summed E-state index contributed by atoms with van der Waals surface area (Å²) < 4.78 is 16.7. The molecule has 1 aliphatic rings. The second-order valence-electron chi connectivity index (χ2n) is 7.08. The molecule has 0 bridgehead atoms. The number of methoxy groups -OCH3 is 1. The smallest absolute Gasteiger partial charge is 0.350 e. The Morgan fingerprint density at radius 3 is 2.77 bits per heavy atom. The molecule has 2 aromatic carbocycles. The van der Waals surface area contributed by atoms with Gasteiger partial charge in [-0.05, 0) is 48.4 Å². The topological polar surface area (TPSA) is 111 Å². The number of benzene rings is 2. The number of fused-ring (bicyclic) bond motifs is 4. The average Bonchev–Trinajstić information content (AvgIpc) is 3.37. The van der Waals surface area contributed by atoms with Crippen LogP contribution >= 0.6 is 0 Å². The summed E-state index contributed by atoms with van der Waals surface area (Å²) in [6.45, 7) is 2.03. The first-order chi connectivity index (χ1) is 15.0. The molecule has 3 heterocycles. The molecule has 0 spiro atoms. The summed E-state index contributed by atoms with van der Waals surface area (Å²) >= 11 is 0. The summed E-state index contributed by atoms with van der Waals surface area (Å²) in [6, 6.07) is 10.9. The first kappa shape index (κ1) is 18.7. The highest BCUT2D eigenvalue weighted by atomic mass is 16.7. The van der Waals surface area contributed by atoms with Crippen LogP contribution in [-0.4, -0.2) is 34.8 Å². The van der Waals surface area contributed by atoms with Gasteiger partial charge in [0, 0.05) is 10.9 Å². The molecule has 1 aliphatic heterocycles. The number of hydrogen-bond donors (Lipinski definition) is 2. The number of H-pyrrole nitrogens is 2. The van der Waals surface area contributed by atoms with Crippen LogP contribution in [0.3, 0.4) is 0 Å². The zero-order valence-corrected chi connectivity index (χ0v) is 16.8. The van der Waals surface area contributed by atoms with E-state index in [1.54, 1.807) is 25.3 Å². The molecule has 0 unspecified atom stereocenters. The zero-order chi connectivity index (χ0) is 21.5. The Bertz CT molecular complexity index is 1510. The van der Waals surface area contributed by atoms with Gasteiger partial charge in [0.2, 0.25) is 6.79 Å². The van der Waals surface area contributed by atoms with Crippen molar-refractivity contribution in [2.75, 3.05) is 13.9 Å². The molecular formula is C22H18N4O5. The molecule has 0 aliphatic carbocycles. The van der Waals surface area contributed by atoms with Crippen molar-refractivity contribution >= 4 is 34.2 Å². The van der Waals surface area contributed by atoms with E-state index in [1.807, 2.05) is 31.2 Å². The number of aromatic amines is 2. The summed E-state index contributed by atoms with van der Waals surface area (Å²) in [5.74, 6) is 2.00. The quantitative estimate of drug-likeness (QED) is 0.495. The largest absolute Gasteiger partial charge is 0.497 e. The highest BCUT2D eigenvalue weighted by Crippen LogP contribution is 2.33. The van der Waals surface area contributed by atoms with Crippen molar-refractivity contribution in [2.24, 2.45) is 5.10 Å². The fraction of sp³-hybridized carbons (Fsp3) is 0.136. The summed E-state index contributed by atoms with van der Waals surface area (Å²) in [6.07, 6.45) is 3.32. The normalized spacial score (nSPS) is 13.5. The molecule has 0 radical (unpaired) electrons. The Morgan fingerprint density at radius 2 is 1.94 bits per heavy atom. The summed E-state index contributed by atoms with van der Waals surface area (Å²) in [7, 11) is 1.56. The first-order valence-corrected chi connectivity index (χ1v) is 9.50. The van der Waals surface area contributed by atoms with Gasteiger partial charge in [-0.2, -0.15) is 5.10 Å². The zero-order valence-electron chi connectivity index (χ0n) is 16.8. The lowest BCUT2D eigenvalue weighted by molar-refractivity contribution is 0.174. The molecule has 5 rings (SSSR count). The predicted octanol–water partition coefficient (Wildman–Crippen LogP) is 2.85. The Labute approximate surface area is 175 Å². The molecule has 0 fully saturated rings. The Balaban J connectivity index is 1.52. The van der Waals surface area contributed by atoms with E-state index in [4.69, 9.17) is 14.2 Å². The highest BCUT2D eigenvalue weighted by Gasteiger charge is 2.14. The third-order valence-corrected chi connectivity index (χ3v) is 5.00. The predicted molar refractivity (Wildman–Crippen MR) is 117 cm³/mol. The van der Waals surface area contributed by atoms with Crippen LogP contribution in [0.2, 0.25) is 0 Å². The van der Waals surface area contributed by atoms with Crippen LogP contribution < -0.4 is 25.5 Å². The number of hydrogen-bond acceptors (Lipinski definition) is 6. The number of aromatic nitrogens is 3. The molecule has 2 N–H and O–H groups in total. The van der Waals surface area contributed by atoms with E-state index >= 15 is 0 Å². The van der Waals surface area contributed by atoms with E-state index in [0.29, 0.717) is 33.7 Å². The Hall–Kier alpha value is -4.27. The highest BCUT2D eigenvalue weighted by molar-refractivity contribution is 6.04. The van der Waals surface area contributed by atoms with Gasteiger partial charge < -0.3 is 24.2 Å². The fourth-order valence-electron chi connectivity index (χ4n) is 3.50. The monoisotopic (exact) mass is 418 g/mol. The number of ether oxygens (including phenoxy) is 3. The molecule has 2 aromatic heterocycles. The number of nitrogens with zero attached hydrogens (tertiary/aromatic N) is 2. The van der Waals surface area contributed by atoms with E-state index < -0.39 is 11.2 Å². The van der Waals surface area contributed by atoms with Crippen molar-refractivity contribution in [3.05, 3.63) is 68.4 Å². The molecule has 0 atom stereocenters. The minimum absolute atomic E-state index is 0.206. The van der Waals surface area contributed by atoms with Gasteiger partial charge in [-0.1, -0.05) is 12.1 Å². The van der Waals surface area contributed by atoms with E-state index in [2.05, 4.69) is 15.1 Å². The Morgan fingerprint density at radius 1 is 1.10 bits per heavy atom. The molecule has 9 heteroatoms. The van der Waals surface area contributed by atoms with Crippen molar-refractivity contribution in [3.63, 3.8) is 0 Å². The van der Waals surface area contributed by atoms with Gasteiger partial charge in [-0.15, -0.1) is 4.68 Å². The molecule has 156 valence electrons. The number of nitrogens with one attached hydrogen (secondary N) is 2. The van der Waals surface area contributed by atoms with Gasteiger partial charge >= 0.3 is 11.2 Å². The van der Waals surface area contributed by atoms with Crippen LogP contribution in [0.4, 0.5) is 0 Å². The van der Waals surface area contributed by atoms with Gasteiger partial charge in [0.25, 0.3) is 0 Å². The van der Waals surface area contributed by atoms with E-state index in [-0.39, 0.29) is 12.3 Å². The van der Waals surface area contributed by atoms with E-state index in [1.165, 1.54) is 6.21 Å². The lowest BCUT2D eigenvalue weighted by Gasteiger charge is -2.00. The van der Waals surface area contributed by atoms with Crippen molar-refractivity contribution in [2.45, 2.75) is 6.92 Å². The molecule has 4 aromatic rings. The average molecular weight is 418 g/mol. The van der Waals surface area contributed by atoms with Crippen LogP contribution in [0.5, 0.6) is 17.2 Å². The third-order valence-electron chi connectivity index (χ3n) is 5.00. The SMILES string of the molecule is COc1ccc2[nH]c3c(=O)n(/N=C/C(C)=C\c4ccc5c(c4)OCO5)c(=O)[nH]c3c2c1. The van der Waals surface area contributed by atoms with Crippen LogP contribution in [-0.2, 0) is 0 Å². The molecule has 9 nitrogen and oxygen atoms in total. The second-order valence-corrected chi connectivity index (χ2v) is 7.08. The lowest BCUT2D eigenvalue weighted by atomic mass is 10.1. The maximum atomic E-state index is 12.9. The molecule has 0 amide bonds. The van der Waals surface area contributed by atoms with Crippen LogP contribution in [0, 0.1) is 0 Å². The maximum absolute atomic E-state index is 12.9.